The van der Waals surface area contributed by atoms with Gasteiger partial charge in [-0.05, 0) is 36.8 Å². The average molecular weight is 380 g/mol. The highest BCUT2D eigenvalue weighted by atomic mass is 16.5. The number of nitrogens with zero attached hydrogens (tertiary/aromatic N) is 4. The third kappa shape index (κ3) is 3.14. The summed E-state index contributed by atoms with van der Waals surface area (Å²) >= 11 is 0. The van der Waals surface area contributed by atoms with Crippen LogP contribution in [0.5, 0.6) is 0 Å². The summed E-state index contributed by atoms with van der Waals surface area (Å²) in [4.78, 5) is 17.9. The molecule has 0 bridgehead atoms. The van der Waals surface area contributed by atoms with Gasteiger partial charge in [0.2, 0.25) is 0 Å². The molecule has 1 atom stereocenters. The molecule has 1 aromatic heterocycles. The van der Waals surface area contributed by atoms with Gasteiger partial charge in [-0.2, -0.15) is 5.10 Å². The lowest BCUT2D eigenvalue weighted by atomic mass is 9.89. The van der Waals surface area contributed by atoms with Crippen LogP contribution in [0, 0.1) is 0 Å². The van der Waals surface area contributed by atoms with Crippen molar-refractivity contribution in [3.05, 3.63) is 52.3 Å². The van der Waals surface area contributed by atoms with Crippen LogP contribution >= 0.6 is 0 Å². The number of amides is 1. The molecule has 2 aromatic rings. The maximum Gasteiger partial charge on any atom is 0.274 e. The van der Waals surface area contributed by atoms with Crippen molar-refractivity contribution in [1.82, 2.24) is 19.6 Å². The molecular weight excluding hydrogens is 352 g/mol. The number of carbonyl (C=O) groups excluding carboxylic acids is 1. The zero-order valence-electron chi connectivity index (χ0n) is 16.6. The Bertz CT molecular complexity index is 885. The number of carbonyl (C=O) groups is 1. The van der Waals surface area contributed by atoms with Crippen LogP contribution in [-0.2, 0) is 37.6 Å². The van der Waals surface area contributed by atoms with Crippen LogP contribution in [0.4, 0.5) is 0 Å². The summed E-state index contributed by atoms with van der Waals surface area (Å²) in [6.45, 7) is 5.07. The van der Waals surface area contributed by atoms with Crippen molar-refractivity contribution in [3.8, 4) is 0 Å². The van der Waals surface area contributed by atoms with E-state index in [0.717, 1.165) is 58.5 Å². The summed E-state index contributed by atoms with van der Waals surface area (Å²) in [7, 11) is 1.98. The van der Waals surface area contributed by atoms with Gasteiger partial charge in [0.15, 0.2) is 5.69 Å². The van der Waals surface area contributed by atoms with Crippen molar-refractivity contribution in [2.24, 2.45) is 7.05 Å². The van der Waals surface area contributed by atoms with E-state index >= 15 is 0 Å². The van der Waals surface area contributed by atoms with Gasteiger partial charge in [0.05, 0.1) is 13.2 Å². The molecular formula is C22H28N4O2. The van der Waals surface area contributed by atoms with Crippen LogP contribution in [0.1, 0.15) is 39.3 Å². The number of morpholine rings is 1. The first kappa shape index (κ1) is 17.9. The van der Waals surface area contributed by atoms with E-state index in [0.29, 0.717) is 18.3 Å². The number of aromatic nitrogens is 2. The summed E-state index contributed by atoms with van der Waals surface area (Å²) in [5.74, 6) is 0.0916. The highest BCUT2D eigenvalue weighted by Crippen LogP contribution is 2.29. The predicted molar refractivity (Wildman–Crippen MR) is 106 cm³/mol. The minimum Gasteiger partial charge on any atom is -0.379 e. The minimum absolute atomic E-state index is 0.0916. The minimum atomic E-state index is 0.0916. The number of ether oxygens (including phenoxy) is 1. The largest absolute Gasteiger partial charge is 0.379 e. The van der Waals surface area contributed by atoms with Crippen LogP contribution in [0.25, 0.3) is 0 Å². The lowest BCUT2D eigenvalue weighted by molar-refractivity contribution is 0.0135. The third-order valence-electron chi connectivity index (χ3n) is 6.61. The highest BCUT2D eigenvalue weighted by Gasteiger charge is 2.33. The van der Waals surface area contributed by atoms with E-state index in [9.17, 15) is 4.79 Å². The first-order chi connectivity index (χ1) is 13.7. The zero-order valence-corrected chi connectivity index (χ0v) is 16.6. The van der Waals surface area contributed by atoms with E-state index < -0.39 is 0 Å². The molecule has 0 N–H and O–H groups in total. The monoisotopic (exact) mass is 380 g/mol. The predicted octanol–water partition coefficient (Wildman–Crippen LogP) is 1.81. The fourth-order valence-corrected chi connectivity index (χ4v) is 5.02. The lowest BCUT2D eigenvalue weighted by Gasteiger charge is -2.37. The summed E-state index contributed by atoms with van der Waals surface area (Å²) in [5, 5.41) is 4.69. The van der Waals surface area contributed by atoms with Crippen molar-refractivity contribution in [2.45, 2.75) is 38.3 Å². The number of aryl methyl sites for hydroxylation is 1. The third-order valence-corrected chi connectivity index (χ3v) is 6.61. The second-order valence-corrected chi connectivity index (χ2v) is 8.19. The maximum atomic E-state index is 13.4. The van der Waals surface area contributed by atoms with Gasteiger partial charge in [-0.1, -0.05) is 24.3 Å². The Kier molecular flexibility index (Phi) is 4.69. The SMILES string of the molecule is Cn1nc(C(=O)N2CCc3ccccc3C2)c2c1CCC(N1CCOCC1)C2. The Morgan fingerprint density at radius 1 is 1.11 bits per heavy atom. The van der Waals surface area contributed by atoms with Gasteiger partial charge in [-0.15, -0.1) is 0 Å². The van der Waals surface area contributed by atoms with Crippen LogP contribution in [0.15, 0.2) is 24.3 Å². The number of rotatable bonds is 2. The molecule has 0 spiro atoms. The van der Waals surface area contributed by atoms with Crippen LogP contribution in [0.3, 0.4) is 0 Å². The molecule has 3 aliphatic rings. The second kappa shape index (κ2) is 7.33. The van der Waals surface area contributed by atoms with E-state index in [4.69, 9.17) is 4.74 Å². The molecule has 3 heterocycles. The average Bonchev–Trinajstić information content (AvgIpc) is 3.09. The number of fused-ring (bicyclic) bond motifs is 2. The first-order valence-electron chi connectivity index (χ1n) is 10.4. The fourth-order valence-electron chi connectivity index (χ4n) is 5.02. The molecule has 0 radical (unpaired) electrons. The Labute approximate surface area is 166 Å². The van der Waals surface area contributed by atoms with Gasteiger partial charge in [0.25, 0.3) is 5.91 Å². The van der Waals surface area contributed by atoms with Crippen LogP contribution < -0.4 is 0 Å². The van der Waals surface area contributed by atoms with E-state index in [-0.39, 0.29) is 5.91 Å². The van der Waals surface area contributed by atoms with Crippen molar-refractivity contribution in [1.29, 1.82) is 0 Å². The van der Waals surface area contributed by atoms with Crippen LogP contribution in [-0.4, -0.2) is 64.4 Å². The van der Waals surface area contributed by atoms with E-state index in [2.05, 4.69) is 34.3 Å². The van der Waals surface area contributed by atoms with Gasteiger partial charge < -0.3 is 9.64 Å². The summed E-state index contributed by atoms with van der Waals surface area (Å²) in [5.41, 5.74) is 5.72. The van der Waals surface area contributed by atoms with Crippen molar-refractivity contribution in [2.75, 3.05) is 32.8 Å². The molecule has 148 valence electrons. The molecule has 1 aliphatic carbocycles. The Balaban J connectivity index is 1.39. The molecule has 2 aliphatic heterocycles. The van der Waals surface area contributed by atoms with Gasteiger partial charge in [-0.25, -0.2) is 0 Å². The molecule has 1 amide bonds. The van der Waals surface area contributed by atoms with Crippen LogP contribution in [0.2, 0.25) is 0 Å². The summed E-state index contributed by atoms with van der Waals surface area (Å²) < 4.78 is 7.46. The van der Waals surface area contributed by atoms with Gasteiger partial charge in [-0.3, -0.25) is 14.4 Å². The molecule has 6 nitrogen and oxygen atoms in total. The maximum absolute atomic E-state index is 13.4. The van der Waals surface area contributed by atoms with Crippen molar-refractivity contribution < 1.29 is 9.53 Å². The number of hydrogen-bond acceptors (Lipinski definition) is 4. The zero-order chi connectivity index (χ0) is 19.1. The fraction of sp³-hybridized carbons (Fsp3) is 0.545. The molecule has 1 saturated heterocycles. The Morgan fingerprint density at radius 3 is 2.71 bits per heavy atom. The molecule has 1 aromatic carbocycles. The number of benzene rings is 1. The quantitative estimate of drug-likeness (QED) is 0.797. The topological polar surface area (TPSA) is 50.6 Å². The van der Waals surface area contributed by atoms with Gasteiger partial charge in [0.1, 0.15) is 0 Å². The van der Waals surface area contributed by atoms with Crippen molar-refractivity contribution >= 4 is 5.91 Å². The van der Waals surface area contributed by atoms with Gasteiger partial charge >= 0.3 is 0 Å². The summed E-state index contributed by atoms with van der Waals surface area (Å²) in [6, 6.07) is 8.94. The van der Waals surface area contributed by atoms with E-state index in [1.165, 1.54) is 22.4 Å². The Morgan fingerprint density at radius 2 is 1.89 bits per heavy atom. The normalized spacial score (nSPS) is 22.6. The molecule has 0 saturated carbocycles. The molecule has 6 heteroatoms. The molecule has 1 unspecified atom stereocenters. The van der Waals surface area contributed by atoms with Crippen molar-refractivity contribution in [3.63, 3.8) is 0 Å². The second-order valence-electron chi connectivity index (χ2n) is 8.19. The molecule has 1 fully saturated rings. The smallest absolute Gasteiger partial charge is 0.274 e. The standard InChI is InChI=1S/C22H28N4O2/c1-24-20-7-6-18(25-10-12-28-13-11-25)14-19(20)21(23-24)22(27)26-9-8-16-4-2-3-5-17(16)15-26/h2-5,18H,6-15H2,1H3. The molecule has 28 heavy (non-hydrogen) atoms. The number of hydrogen-bond donors (Lipinski definition) is 0. The Hall–Kier alpha value is -2.18. The lowest BCUT2D eigenvalue weighted by Crippen LogP contribution is -2.46. The highest BCUT2D eigenvalue weighted by molar-refractivity contribution is 5.94. The summed E-state index contributed by atoms with van der Waals surface area (Å²) in [6.07, 6.45) is 3.98. The van der Waals surface area contributed by atoms with E-state index in [1.807, 2.05) is 16.6 Å². The van der Waals surface area contributed by atoms with Gasteiger partial charge in [0, 0.05) is 50.5 Å². The first-order valence-corrected chi connectivity index (χ1v) is 10.4. The van der Waals surface area contributed by atoms with E-state index in [1.54, 1.807) is 0 Å². The molecule has 5 rings (SSSR count).